The van der Waals surface area contributed by atoms with Crippen LogP contribution in [0.3, 0.4) is 0 Å². The highest BCUT2D eigenvalue weighted by molar-refractivity contribution is 5.79. The molecule has 0 amide bonds. The van der Waals surface area contributed by atoms with E-state index in [4.69, 9.17) is 14.2 Å². The molecule has 0 saturated carbocycles. The molecular formula is C18H27F3N4O3. The molecule has 10 heteroatoms. The number of alkyl halides is 3. The first-order valence-electron chi connectivity index (χ1n) is 9.33. The van der Waals surface area contributed by atoms with Crippen LogP contribution in [-0.2, 0) is 16.0 Å². The maximum Gasteiger partial charge on any atom is 0.422 e. The summed E-state index contributed by atoms with van der Waals surface area (Å²) in [5.74, 6) is 0.504. The molecule has 2 N–H and O–H groups in total. The fourth-order valence-corrected chi connectivity index (χ4v) is 2.50. The summed E-state index contributed by atoms with van der Waals surface area (Å²) in [4.78, 5) is 8.27. The van der Waals surface area contributed by atoms with Crippen LogP contribution in [0.4, 0.5) is 13.2 Å². The lowest BCUT2D eigenvalue weighted by Crippen LogP contribution is -2.38. The zero-order chi connectivity index (χ0) is 20.2. The van der Waals surface area contributed by atoms with E-state index in [0.717, 1.165) is 19.4 Å². The van der Waals surface area contributed by atoms with E-state index in [9.17, 15) is 13.2 Å². The summed E-state index contributed by atoms with van der Waals surface area (Å²) < 4.78 is 52.9. The molecule has 1 atom stereocenters. The lowest BCUT2D eigenvalue weighted by molar-refractivity contribution is -0.154. The van der Waals surface area contributed by atoms with Crippen LogP contribution in [0, 0.1) is 0 Å². The quantitative estimate of drug-likeness (QED) is 0.354. The molecule has 0 bridgehead atoms. The third-order valence-corrected chi connectivity index (χ3v) is 3.83. The summed E-state index contributed by atoms with van der Waals surface area (Å²) in [5, 5.41) is 6.28. The zero-order valence-corrected chi connectivity index (χ0v) is 15.9. The van der Waals surface area contributed by atoms with Gasteiger partial charge in [-0.1, -0.05) is 6.07 Å². The van der Waals surface area contributed by atoms with Gasteiger partial charge in [0, 0.05) is 38.1 Å². The van der Waals surface area contributed by atoms with Gasteiger partial charge in [0.25, 0.3) is 0 Å². The van der Waals surface area contributed by atoms with Crippen molar-refractivity contribution in [2.75, 3.05) is 39.5 Å². The topological polar surface area (TPSA) is 77.0 Å². The third kappa shape index (κ3) is 8.75. The Kier molecular flexibility index (Phi) is 9.29. The Balaban J connectivity index is 1.80. The van der Waals surface area contributed by atoms with Crippen LogP contribution in [0.5, 0.6) is 5.88 Å². The second-order valence-electron chi connectivity index (χ2n) is 6.20. The Hall–Kier alpha value is -2.07. The van der Waals surface area contributed by atoms with Crippen LogP contribution < -0.4 is 15.4 Å². The molecule has 0 spiro atoms. The Labute approximate surface area is 162 Å². The molecule has 1 unspecified atom stereocenters. The molecule has 28 heavy (non-hydrogen) atoms. The number of nitrogens with one attached hydrogen (secondary N) is 2. The SMILES string of the molecule is CCNC(=NCc1cccnc1OCC(F)(F)F)NCCCOC1CCOC1. The standard InChI is InChI=1S/C18H27F3N4O3/c1-2-22-17(24-8-4-9-27-15-6-10-26-12-15)25-11-14-5-3-7-23-16(14)28-13-18(19,20)21/h3,5,7,15H,2,4,6,8-13H2,1H3,(H2,22,24,25). The number of ether oxygens (including phenoxy) is 3. The van der Waals surface area contributed by atoms with Gasteiger partial charge in [-0.3, -0.25) is 0 Å². The fourth-order valence-electron chi connectivity index (χ4n) is 2.50. The third-order valence-electron chi connectivity index (χ3n) is 3.83. The van der Waals surface area contributed by atoms with E-state index in [2.05, 4.69) is 20.6 Å². The molecule has 1 aliphatic rings. The number of aromatic nitrogens is 1. The van der Waals surface area contributed by atoms with Gasteiger partial charge in [0.2, 0.25) is 5.88 Å². The van der Waals surface area contributed by atoms with Crippen LogP contribution in [0.15, 0.2) is 23.3 Å². The molecule has 2 rings (SSSR count). The molecule has 1 saturated heterocycles. The number of nitrogens with zero attached hydrogens (tertiary/aromatic N) is 2. The lowest BCUT2D eigenvalue weighted by atomic mass is 10.3. The van der Waals surface area contributed by atoms with Gasteiger partial charge in [0.15, 0.2) is 12.6 Å². The smallest absolute Gasteiger partial charge is 0.422 e. The number of hydrogen-bond acceptors (Lipinski definition) is 5. The first-order valence-corrected chi connectivity index (χ1v) is 9.33. The number of rotatable bonds is 10. The molecular weight excluding hydrogens is 377 g/mol. The van der Waals surface area contributed by atoms with E-state index in [-0.39, 0.29) is 18.5 Å². The Morgan fingerprint density at radius 1 is 1.39 bits per heavy atom. The van der Waals surface area contributed by atoms with Gasteiger partial charge >= 0.3 is 6.18 Å². The normalized spacial score (nSPS) is 17.6. The maximum atomic E-state index is 12.4. The molecule has 0 aliphatic carbocycles. The van der Waals surface area contributed by atoms with Gasteiger partial charge in [0.05, 0.1) is 19.3 Å². The summed E-state index contributed by atoms with van der Waals surface area (Å²) in [5.41, 5.74) is 0.480. The van der Waals surface area contributed by atoms with Crippen molar-refractivity contribution in [3.05, 3.63) is 23.9 Å². The molecule has 1 fully saturated rings. The molecule has 7 nitrogen and oxygen atoms in total. The number of hydrogen-bond donors (Lipinski definition) is 2. The van der Waals surface area contributed by atoms with Crippen molar-refractivity contribution in [3.63, 3.8) is 0 Å². The van der Waals surface area contributed by atoms with Crippen molar-refractivity contribution in [2.24, 2.45) is 4.99 Å². The average molecular weight is 404 g/mol. The molecule has 2 heterocycles. The minimum absolute atomic E-state index is 0.0633. The maximum absolute atomic E-state index is 12.4. The van der Waals surface area contributed by atoms with Crippen LogP contribution in [0.1, 0.15) is 25.3 Å². The highest BCUT2D eigenvalue weighted by atomic mass is 19.4. The van der Waals surface area contributed by atoms with E-state index in [1.807, 2.05) is 6.92 Å². The monoisotopic (exact) mass is 404 g/mol. The van der Waals surface area contributed by atoms with Crippen molar-refractivity contribution in [1.29, 1.82) is 0 Å². The minimum Gasteiger partial charge on any atom is -0.468 e. The Morgan fingerprint density at radius 3 is 2.96 bits per heavy atom. The van der Waals surface area contributed by atoms with E-state index >= 15 is 0 Å². The summed E-state index contributed by atoms with van der Waals surface area (Å²) in [6, 6.07) is 3.28. The molecule has 1 aromatic rings. The van der Waals surface area contributed by atoms with E-state index in [1.165, 1.54) is 6.20 Å². The van der Waals surface area contributed by atoms with E-state index in [1.54, 1.807) is 12.1 Å². The van der Waals surface area contributed by atoms with Crippen LogP contribution in [-0.4, -0.2) is 62.7 Å². The van der Waals surface area contributed by atoms with Gasteiger partial charge in [-0.15, -0.1) is 0 Å². The molecule has 0 radical (unpaired) electrons. The van der Waals surface area contributed by atoms with Crippen molar-refractivity contribution in [2.45, 2.75) is 38.6 Å². The largest absolute Gasteiger partial charge is 0.468 e. The van der Waals surface area contributed by atoms with Gasteiger partial charge < -0.3 is 24.8 Å². The minimum atomic E-state index is -4.42. The second kappa shape index (κ2) is 11.7. The molecule has 158 valence electrons. The van der Waals surface area contributed by atoms with Crippen LogP contribution in [0.2, 0.25) is 0 Å². The van der Waals surface area contributed by atoms with Crippen LogP contribution in [0.25, 0.3) is 0 Å². The van der Waals surface area contributed by atoms with Gasteiger partial charge in [0.1, 0.15) is 0 Å². The number of guanidine groups is 1. The molecule has 1 aromatic heterocycles. The van der Waals surface area contributed by atoms with Gasteiger partial charge in [-0.05, 0) is 25.8 Å². The van der Waals surface area contributed by atoms with Crippen molar-refractivity contribution in [3.8, 4) is 5.88 Å². The molecule has 0 aromatic carbocycles. The van der Waals surface area contributed by atoms with Crippen molar-refractivity contribution in [1.82, 2.24) is 15.6 Å². The second-order valence-corrected chi connectivity index (χ2v) is 6.20. The van der Waals surface area contributed by atoms with Crippen molar-refractivity contribution < 1.29 is 27.4 Å². The lowest BCUT2D eigenvalue weighted by Gasteiger charge is -2.14. The Bertz CT molecular complexity index is 608. The van der Waals surface area contributed by atoms with Crippen LogP contribution >= 0.6 is 0 Å². The highest BCUT2D eigenvalue weighted by Gasteiger charge is 2.29. The summed E-state index contributed by atoms with van der Waals surface area (Å²) in [6.45, 7) is 4.04. The highest BCUT2D eigenvalue weighted by Crippen LogP contribution is 2.20. The van der Waals surface area contributed by atoms with E-state index in [0.29, 0.717) is 37.8 Å². The first-order chi connectivity index (χ1) is 13.5. The predicted molar refractivity (Wildman–Crippen MR) is 98.4 cm³/mol. The predicted octanol–water partition coefficient (Wildman–Crippen LogP) is 2.27. The fraction of sp³-hybridized carbons (Fsp3) is 0.667. The zero-order valence-electron chi connectivity index (χ0n) is 15.9. The summed E-state index contributed by atoms with van der Waals surface area (Å²) >= 11 is 0. The number of halogens is 3. The molecule has 1 aliphatic heterocycles. The summed E-state index contributed by atoms with van der Waals surface area (Å²) in [7, 11) is 0. The van der Waals surface area contributed by atoms with E-state index < -0.39 is 12.8 Å². The number of aliphatic imine (C=N–C) groups is 1. The average Bonchev–Trinajstić information content (AvgIpc) is 3.17. The number of pyridine rings is 1. The van der Waals surface area contributed by atoms with Gasteiger partial charge in [-0.25, -0.2) is 9.98 Å². The first kappa shape index (κ1) is 22.2. The Morgan fingerprint density at radius 2 is 2.25 bits per heavy atom. The van der Waals surface area contributed by atoms with Gasteiger partial charge in [-0.2, -0.15) is 13.2 Å². The summed E-state index contributed by atoms with van der Waals surface area (Å²) in [6.07, 6.45) is -1.11. The van der Waals surface area contributed by atoms with Crippen molar-refractivity contribution >= 4 is 5.96 Å².